The van der Waals surface area contributed by atoms with Gasteiger partial charge in [0.15, 0.2) is 17.0 Å². The number of hydrogen-bond acceptors (Lipinski definition) is 8. The predicted octanol–water partition coefficient (Wildman–Crippen LogP) is 1.36. The lowest BCUT2D eigenvalue weighted by atomic mass is 10.2. The molecule has 2 heterocycles. The first-order chi connectivity index (χ1) is 10.1. The summed E-state index contributed by atoms with van der Waals surface area (Å²) in [6.45, 7) is 0. The molecule has 2 aliphatic rings. The van der Waals surface area contributed by atoms with Gasteiger partial charge in [-0.3, -0.25) is 10.1 Å². The topological polar surface area (TPSA) is 119 Å². The number of nitro groups is 1. The van der Waals surface area contributed by atoms with Crippen LogP contribution in [0, 0.1) is 10.1 Å². The Hall–Kier alpha value is -2.55. The number of rotatable bonds is 3. The van der Waals surface area contributed by atoms with E-state index in [4.69, 9.17) is 5.73 Å². The van der Waals surface area contributed by atoms with E-state index >= 15 is 0 Å². The summed E-state index contributed by atoms with van der Waals surface area (Å²) in [5.41, 5.74) is 6.63. The van der Waals surface area contributed by atoms with Crippen molar-refractivity contribution in [2.75, 3.05) is 0 Å². The monoisotopic (exact) mass is 302 g/mol. The lowest BCUT2D eigenvalue weighted by Crippen LogP contribution is -2.34. The number of non-ortho nitro benzene ring substituents is 1. The molecule has 0 radical (unpaired) electrons. The Labute approximate surface area is 123 Å². The van der Waals surface area contributed by atoms with E-state index in [-0.39, 0.29) is 5.69 Å². The van der Waals surface area contributed by atoms with Crippen LogP contribution < -0.4 is 5.73 Å². The lowest BCUT2D eigenvalue weighted by Gasteiger charge is -2.08. The SMILES string of the molecule is NC1=NC=NC2=NC(SCc3cccc([N+](=O)[O-])c3)=NC12. The van der Waals surface area contributed by atoms with Crippen LogP contribution in [0.5, 0.6) is 0 Å². The van der Waals surface area contributed by atoms with E-state index in [0.29, 0.717) is 22.6 Å². The van der Waals surface area contributed by atoms with E-state index < -0.39 is 11.0 Å². The largest absolute Gasteiger partial charge is 0.385 e. The number of aliphatic imine (C=N–C) groups is 4. The smallest absolute Gasteiger partial charge is 0.269 e. The molecule has 0 aliphatic carbocycles. The maximum atomic E-state index is 10.7. The highest BCUT2D eigenvalue weighted by Crippen LogP contribution is 2.23. The fourth-order valence-electron chi connectivity index (χ4n) is 1.86. The van der Waals surface area contributed by atoms with Crippen LogP contribution in [0.2, 0.25) is 0 Å². The molecule has 2 aliphatic heterocycles. The number of hydrogen-bond donors (Lipinski definition) is 1. The number of amidine groups is 3. The standard InChI is InChI=1S/C12H10N6O2S/c13-10-9-11(15-6-14-10)17-12(16-9)21-5-7-2-1-3-8(4-7)18(19)20/h1-4,6,9H,5H2,(H2,13,14,15,16,17). The van der Waals surface area contributed by atoms with Gasteiger partial charge < -0.3 is 5.73 Å². The van der Waals surface area contributed by atoms with Crippen molar-refractivity contribution in [1.29, 1.82) is 0 Å². The second-order valence-electron chi connectivity index (χ2n) is 4.30. The molecule has 0 saturated heterocycles. The van der Waals surface area contributed by atoms with Crippen molar-refractivity contribution in [1.82, 2.24) is 0 Å². The van der Waals surface area contributed by atoms with Gasteiger partial charge in [-0.15, -0.1) is 0 Å². The molecule has 106 valence electrons. The van der Waals surface area contributed by atoms with Crippen molar-refractivity contribution >= 4 is 40.6 Å². The zero-order valence-corrected chi connectivity index (χ0v) is 11.5. The average Bonchev–Trinajstić information content (AvgIpc) is 2.90. The summed E-state index contributed by atoms with van der Waals surface area (Å²) in [4.78, 5) is 26.8. The summed E-state index contributed by atoms with van der Waals surface area (Å²) in [5.74, 6) is 1.43. The van der Waals surface area contributed by atoms with Gasteiger partial charge in [-0.05, 0) is 5.56 Å². The van der Waals surface area contributed by atoms with E-state index in [1.165, 1.54) is 30.2 Å². The van der Waals surface area contributed by atoms with E-state index in [2.05, 4.69) is 20.0 Å². The molecular weight excluding hydrogens is 292 g/mol. The molecule has 9 heteroatoms. The number of thioether (sulfide) groups is 1. The third kappa shape index (κ3) is 2.82. The van der Waals surface area contributed by atoms with Crippen molar-refractivity contribution < 1.29 is 4.92 Å². The molecule has 2 N–H and O–H groups in total. The maximum Gasteiger partial charge on any atom is 0.269 e. The molecule has 0 aromatic heterocycles. The van der Waals surface area contributed by atoms with Gasteiger partial charge >= 0.3 is 0 Å². The Morgan fingerprint density at radius 1 is 1.43 bits per heavy atom. The second kappa shape index (κ2) is 5.44. The highest BCUT2D eigenvalue weighted by atomic mass is 32.2. The predicted molar refractivity (Wildman–Crippen MR) is 83.2 cm³/mol. The Morgan fingerprint density at radius 3 is 3.05 bits per heavy atom. The van der Waals surface area contributed by atoms with Crippen molar-refractivity contribution in [2.45, 2.75) is 11.8 Å². The molecule has 0 amide bonds. The summed E-state index contributed by atoms with van der Waals surface area (Å²) in [7, 11) is 0. The minimum atomic E-state index is -0.415. The molecular formula is C12H10N6O2S. The number of benzene rings is 1. The lowest BCUT2D eigenvalue weighted by molar-refractivity contribution is -0.384. The van der Waals surface area contributed by atoms with Gasteiger partial charge in [0.05, 0.1) is 4.92 Å². The highest BCUT2D eigenvalue weighted by Gasteiger charge is 2.27. The first-order valence-electron chi connectivity index (χ1n) is 6.02. The van der Waals surface area contributed by atoms with Crippen LogP contribution in [0.15, 0.2) is 44.2 Å². The fourth-order valence-corrected chi connectivity index (χ4v) is 2.67. The van der Waals surface area contributed by atoms with Gasteiger partial charge in [0.1, 0.15) is 12.2 Å². The Morgan fingerprint density at radius 2 is 2.29 bits per heavy atom. The minimum absolute atomic E-state index is 0.0717. The summed E-state index contributed by atoms with van der Waals surface area (Å²) >= 11 is 1.38. The fraction of sp³-hybridized carbons (Fsp3) is 0.167. The zero-order chi connectivity index (χ0) is 14.8. The molecule has 0 bridgehead atoms. The van der Waals surface area contributed by atoms with Crippen molar-refractivity contribution in [3.63, 3.8) is 0 Å². The Balaban J connectivity index is 1.69. The summed E-state index contributed by atoms with van der Waals surface area (Å²) in [6.07, 6.45) is 1.36. The molecule has 3 rings (SSSR count). The van der Waals surface area contributed by atoms with E-state index in [1.54, 1.807) is 6.07 Å². The molecule has 8 nitrogen and oxygen atoms in total. The molecule has 1 aromatic rings. The molecule has 0 spiro atoms. The molecule has 0 fully saturated rings. The summed E-state index contributed by atoms with van der Waals surface area (Å²) in [6, 6.07) is 6.08. The van der Waals surface area contributed by atoms with Crippen LogP contribution in [0.3, 0.4) is 0 Å². The molecule has 1 unspecified atom stereocenters. The molecule has 0 saturated carbocycles. The molecule has 1 atom stereocenters. The van der Waals surface area contributed by atoms with Crippen LogP contribution in [0.4, 0.5) is 5.69 Å². The van der Waals surface area contributed by atoms with Gasteiger partial charge in [0, 0.05) is 17.9 Å². The van der Waals surface area contributed by atoms with E-state index in [0.717, 1.165) is 5.56 Å². The second-order valence-corrected chi connectivity index (χ2v) is 5.24. The van der Waals surface area contributed by atoms with Gasteiger partial charge in [0.25, 0.3) is 5.69 Å². The third-order valence-electron chi connectivity index (χ3n) is 2.86. The Bertz CT molecular complexity index is 724. The molecule has 21 heavy (non-hydrogen) atoms. The quantitative estimate of drug-likeness (QED) is 0.669. The van der Waals surface area contributed by atoms with Gasteiger partial charge in [-0.25, -0.2) is 20.0 Å². The minimum Gasteiger partial charge on any atom is -0.385 e. The summed E-state index contributed by atoms with van der Waals surface area (Å²) < 4.78 is 0. The van der Waals surface area contributed by atoms with Crippen molar-refractivity contribution in [3.8, 4) is 0 Å². The maximum absolute atomic E-state index is 10.7. The van der Waals surface area contributed by atoms with Crippen LogP contribution in [0.1, 0.15) is 5.56 Å². The zero-order valence-electron chi connectivity index (χ0n) is 10.7. The number of nitrogens with zero attached hydrogens (tertiary/aromatic N) is 5. The van der Waals surface area contributed by atoms with Gasteiger partial charge in [0.2, 0.25) is 0 Å². The van der Waals surface area contributed by atoms with Crippen LogP contribution in [-0.4, -0.2) is 34.1 Å². The number of fused-ring (bicyclic) bond motifs is 1. The first-order valence-corrected chi connectivity index (χ1v) is 7.00. The normalized spacial score (nSPS) is 19.6. The van der Waals surface area contributed by atoms with Gasteiger partial charge in [-0.2, -0.15) is 0 Å². The number of nitrogens with two attached hydrogens (primary N) is 1. The van der Waals surface area contributed by atoms with E-state index in [9.17, 15) is 10.1 Å². The average molecular weight is 302 g/mol. The third-order valence-corrected chi connectivity index (χ3v) is 3.79. The first kappa shape index (κ1) is 13.4. The van der Waals surface area contributed by atoms with Crippen molar-refractivity contribution in [3.05, 3.63) is 39.9 Å². The van der Waals surface area contributed by atoms with Crippen LogP contribution in [0.25, 0.3) is 0 Å². The number of nitro benzene ring substituents is 1. The van der Waals surface area contributed by atoms with Gasteiger partial charge in [-0.1, -0.05) is 23.9 Å². The van der Waals surface area contributed by atoms with Crippen LogP contribution >= 0.6 is 11.8 Å². The van der Waals surface area contributed by atoms with Crippen molar-refractivity contribution in [2.24, 2.45) is 25.7 Å². The van der Waals surface area contributed by atoms with E-state index in [1.807, 2.05) is 6.07 Å². The van der Waals surface area contributed by atoms with Crippen LogP contribution in [-0.2, 0) is 5.75 Å². The Kier molecular flexibility index (Phi) is 3.48. The highest BCUT2D eigenvalue weighted by molar-refractivity contribution is 8.13. The molecule has 1 aromatic carbocycles. The summed E-state index contributed by atoms with van der Waals surface area (Å²) in [5, 5.41) is 11.3.